The molecular weight excluding hydrogens is 297 g/mol. The SMILES string of the molecule is C#CCCOc1c(Br)cc(Cl)cc1[N+](=O)[O-]. The van der Waals surface area contributed by atoms with Gasteiger partial charge in [0.1, 0.15) is 0 Å². The van der Waals surface area contributed by atoms with E-state index in [4.69, 9.17) is 22.8 Å². The first-order valence-electron chi connectivity index (χ1n) is 4.26. The van der Waals surface area contributed by atoms with Crippen LogP contribution in [0.4, 0.5) is 5.69 Å². The number of ether oxygens (including phenoxy) is 1. The normalized spacial score (nSPS) is 9.56. The molecule has 0 atom stereocenters. The first-order valence-corrected chi connectivity index (χ1v) is 5.43. The molecule has 0 saturated heterocycles. The molecule has 0 aliphatic heterocycles. The van der Waals surface area contributed by atoms with E-state index in [1.165, 1.54) is 12.1 Å². The molecule has 0 unspecified atom stereocenters. The van der Waals surface area contributed by atoms with Gasteiger partial charge in [0.15, 0.2) is 0 Å². The van der Waals surface area contributed by atoms with Gasteiger partial charge in [-0.15, -0.1) is 12.3 Å². The summed E-state index contributed by atoms with van der Waals surface area (Å²) in [7, 11) is 0. The molecule has 0 heterocycles. The number of hydrogen-bond donors (Lipinski definition) is 0. The third-order valence-corrected chi connectivity index (χ3v) is 2.49. The van der Waals surface area contributed by atoms with Crippen LogP contribution in [0.2, 0.25) is 5.02 Å². The third kappa shape index (κ3) is 3.12. The van der Waals surface area contributed by atoms with Crippen molar-refractivity contribution in [3.05, 3.63) is 31.7 Å². The number of hydrogen-bond acceptors (Lipinski definition) is 3. The Labute approximate surface area is 106 Å². The van der Waals surface area contributed by atoms with Crippen molar-refractivity contribution >= 4 is 33.2 Å². The summed E-state index contributed by atoms with van der Waals surface area (Å²) in [5, 5.41) is 11.0. The smallest absolute Gasteiger partial charge is 0.313 e. The quantitative estimate of drug-likeness (QED) is 0.371. The van der Waals surface area contributed by atoms with Crippen LogP contribution in [0.25, 0.3) is 0 Å². The Hall–Kier alpha value is -1.25. The molecule has 1 rings (SSSR count). The highest BCUT2D eigenvalue weighted by molar-refractivity contribution is 9.10. The maximum absolute atomic E-state index is 10.8. The molecule has 0 bridgehead atoms. The summed E-state index contributed by atoms with van der Waals surface area (Å²) in [6, 6.07) is 2.76. The average molecular weight is 305 g/mol. The summed E-state index contributed by atoms with van der Waals surface area (Å²) in [5.41, 5.74) is -0.184. The van der Waals surface area contributed by atoms with Gasteiger partial charge in [0, 0.05) is 17.5 Å². The van der Waals surface area contributed by atoms with Gasteiger partial charge >= 0.3 is 5.69 Å². The maximum Gasteiger partial charge on any atom is 0.313 e. The van der Waals surface area contributed by atoms with E-state index < -0.39 is 4.92 Å². The van der Waals surface area contributed by atoms with Crippen molar-refractivity contribution in [1.82, 2.24) is 0 Å². The highest BCUT2D eigenvalue weighted by atomic mass is 79.9. The number of benzene rings is 1. The fourth-order valence-electron chi connectivity index (χ4n) is 1.04. The third-order valence-electron chi connectivity index (χ3n) is 1.68. The van der Waals surface area contributed by atoms with E-state index in [0.717, 1.165) is 0 Å². The Kier molecular flexibility index (Phi) is 4.59. The molecular formula is C10H7BrClNO3. The second kappa shape index (κ2) is 5.73. The van der Waals surface area contributed by atoms with Crippen molar-refractivity contribution in [2.45, 2.75) is 6.42 Å². The molecule has 0 N–H and O–H groups in total. The monoisotopic (exact) mass is 303 g/mol. The van der Waals surface area contributed by atoms with Crippen LogP contribution >= 0.6 is 27.5 Å². The van der Waals surface area contributed by atoms with Crippen LogP contribution in [-0.2, 0) is 0 Å². The highest BCUT2D eigenvalue weighted by Crippen LogP contribution is 2.37. The summed E-state index contributed by atoms with van der Waals surface area (Å²) < 4.78 is 5.67. The Morgan fingerprint density at radius 1 is 1.62 bits per heavy atom. The van der Waals surface area contributed by atoms with E-state index in [1.807, 2.05) is 0 Å². The largest absolute Gasteiger partial charge is 0.485 e. The van der Waals surface area contributed by atoms with Gasteiger partial charge < -0.3 is 4.74 Å². The van der Waals surface area contributed by atoms with Crippen molar-refractivity contribution in [2.24, 2.45) is 0 Å². The van der Waals surface area contributed by atoms with Gasteiger partial charge in [-0.2, -0.15) is 0 Å². The molecule has 16 heavy (non-hydrogen) atoms. The Bertz CT molecular complexity index is 456. The lowest BCUT2D eigenvalue weighted by atomic mass is 10.3. The molecule has 0 spiro atoms. The molecule has 0 aromatic heterocycles. The molecule has 0 saturated carbocycles. The summed E-state index contributed by atoms with van der Waals surface area (Å²) in [4.78, 5) is 10.2. The van der Waals surface area contributed by atoms with E-state index in [0.29, 0.717) is 10.9 Å². The summed E-state index contributed by atoms with van der Waals surface area (Å²) in [6.45, 7) is 0.220. The van der Waals surface area contributed by atoms with E-state index in [1.54, 1.807) is 0 Å². The minimum absolute atomic E-state index is 0.143. The van der Waals surface area contributed by atoms with Crippen molar-refractivity contribution < 1.29 is 9.66 Å². The summed E-state index contributed by atoms with van der Waals surface area (Å²) >= 11 is 8.86. The van der Waals surface area contributed by atoms with Crippen LogP contribution < -0.4 is 4.74 Å². The molecule has 0 radical (unpaired) electrons. The zero-order chi connectivity index (χ0) is 12.1. The van der Waals surface area contributed by atoms with Gasteiger partial charge in [0.25, 0.3) is 0 Å². The predicted octanol–water partition coefficient (Wildman–Crippen LogP) is 3.41. The van der Waals surface area contributed by atoms with Crippen molar-refractivity contribution in [2.75, 3.05) is 6.61 Å². The minimum atomic E-state index is -0.554. The van der Waals surface area contributed by atoms with E-state index in [2.05, 4.69) is 21.9 Å². The Morgan fingerprint density at radius 3 is 2.88 bits per heavy atom. The summed E-state index contributed by atoms with van der Waals surface area (Å²) in [6.07, 6.45) is 5.44. The molecule has 0 amide bonds. The molecule has 0 aliphatic carbocycles. The molecule has 0 fully saturated rings. The number of nitro benzene ring substituents is 1. The van der Waals surface area contributed by atoms with Crippen molar-refractivity contribution in [3.8, 4) is 18.1 Å². The lowest BCUT2D eigenvalue weighted by Crippen LogP contribution is -2.00. The maximum atomic E-state index is 10.8. The standard InChI is InChI=1S/C10H7BrClNO3/c1-2-3-4-16-10-8(11)5-7(12)6-9(10)13(14)15/h1,5-6H,3-4H2. The molecule has 84 valence electrons. The van der Waals surface area contributed by atoms with Gasteiger partial charge in [-0.05, 0) is 22.0 Å². The lowest BCUT2D eigenvalue weighted by molar-refractivity contribution is -0.385. The predicted molar refractivity (Wildman–Crippen MR) is 64.8 cm³/mol. The van der Waals surface area contributed by atoms with Crippen LogP contribution in [0.1, 0.15) is 6.42 Å². The van der Waals surface area contributed by atoms with Gasteiger partial charge in [0.2, 0.25) is 5.75 Å². The zero-order valence-electron chi connectivity index (χ0n) is 8.07. The van der Waals surface area contributed by atoms with Crippen LogP contribution in [-0.4, -0.2) is 11.5 Å². The molecule has 0 aliphatic rings. The number of terminal acetylenes is 1. The average Bonchev–Trinajstić information content (AvgIpc) is 2.20. The number of nitrogens with zero attached hydrogens (tertiary/aromatic N) is 1. The molecule has 6 heteroatoms. The topological polar surface area (TPSA) is 52.4 Å². The minimum Gasteiger partial charge on any atom is -0.485 e. The van der Waals surface area contributed by atoms with Gasteiger partial charge in [-0.1, -0.05) is 11.6 Å². The molecule has 1 aromatic carbocycles. The number of halogens is 2. The summed E-state index contributed by atoms with van der Waals surface area (Å²) in [5.74, 6) is 2.52. The fourth-order valence-corrected chi connectivity index (χ4v) is 1.95. The number of nitro groups is 1. The second-order valence-electron chi connectivity index (χ2n) is 2.80. The van der Waals surface area contributed by atoms with Crippen LogP contribution in [0.3, 0.4) is 0 Å². The zero-order valence-corrected chi connectivity index (χ0v) is 10.4. The van der Waals surface area contributed by atoms with Crippen molar-refractivity contribution in [1.29, 1.82) is 0 Å². The van der Waals surface area contributed by atoms with Crippen LogP contribution in [0.15, 0.2) is 16.6 Å². The van der Waals surface area contributed by atoms with E-state index in [9.17, 15) is 10.1 Å². The lowest BCUT2D eigenvalue weighted by Gasteiger charge is -2.07. The van der Waals surface area contributed by atoms with Crippen LogP contribution in [0.5, 0.6) is 5.75 Å². The van der Waals surface area contributed by atoms with Gasteiger partial charge in [-0.25, -0.2) is 0 Å². The van der Waals surface area contributed by atoms with Crippen LogP contribution in [0, 0.1) is 22.5 Å². The molecule has 1 aromatic rings. The van der Waals surface area contributed by atoms with E-state index in [-0.39, 0.29) is 23.1 Å². The first-order chi connectivity index (χ1) is 7.56. The Morgan fingerprint density at radius 2 is 2.31 bits per heavy atom. The van der Waals surface area contributed by atoms with Gasteiger partial charge in [0.05, 0.1) is 16.0 Å². The fraction of sp³-hybridized carbons (Fsp3) is 0.200. The molecule has 4 nitrogen and oxygen atoms in total. The highest BCUT2D eigenvalue weighted by Gasteiger charge is 2.19. The first kappa shape index (κ1) is 12.8. The van der Waals surface area contributed by atoms with Gasteiger partial charge in [-0.3, -0.25) is 10.1 Å². The Balaban J connectivity index is 3.05. The number of rotatable bonds is 4. The van der Waals surface area contributed by atoms with E-state index >= 15 is 0 Å². The van der Waals surface area contributed by atoms with Crippen molar-refractivity contribution in [3.63, 3.8) is 0 Å². The second-order valence-corrected chi connectivity index (χ2v) is 4.09.